The quantitative estimate of drug-likeness (QED) is 0.761. The highest BCUT2D eigenvalue weighted by Gasteiger charge is 2.14. The highest BCUT2D eigenvalue weighted by atomic mass is 16.2. The topological polar surface area (TPSA) is 44.1 Å². The van der Waals surface area contributed by atoms with E-state index < -0.39 is 0 Å². The van der Waals surface area contributed by atoms with Crippen LogP contribution in [0.5, 0.6) is 0 Å². The minimum atomic E-state index is 0.0754. The molecule has 23 heavy (non-hydrogen) atoms. The summed E-state index contributed by atoms with van der Waals surface area (Å²) in [6, 6.07) is 13.9. The summed E-state index contributed by atoms with van der Waals surface area (Å²) in [5.41, 5.74) is 2.54. The van der Waals surface area contributed by atoms with Crippen molar-refractivity contribution in [3.05, 3.63) is 72.0 Å². The third-order valence-corrected chi connectivity index (χ3v) is 3.76. The molecule has 0 aliphatic heterocycles. The fraction of sp³-hybridized carbons (Fsp3) is 0.200. The lowest BCUT2D eigenvalue weighted by molar-refractivity contribution is -0.129. The van der Waals surface area contributed by atoms with Crippen molar-refractivity contribution in [3.8, 4) is 6.07 Å². The number of carbonyl (C=O) groups excluding carboxylic acids is 1. The third kappa shape index (κ3) is 3.87. The van der Waals surface area contributed by atoms with Crippen LogP contribution >= 0.6 is 0 Å². The van der Waals surface area contributed by atoms with E-state index in [-0.39, 0.29) is 5.91 Å². The van der Waals surface area contributed by atoms with Crippen molar-refractivity contribution in [3.63, 3.8) is 0 Å². The molecule has 0 bridgehead atoms. The standard InChI is InChI=1S/C20H20N2O/c1-4-6-15(3)22(20(23)5-2)14-17-8-10-18-9-7-16(13-21)11-19(18)12-17/h4,6-12H,1,5,14H2,2-3H3/b15-6+. The van der Waals surface area contributed by atoms with Gasteiger partial charge in [0, 0.05) is 12.1 Å². The van der Waals surface area contributed by atoms with Crippen LogP contribution in [0.25, 0.3) is 10.8 Å². The Morgan fingerprint density at radius 3 is 2.65 bits per heavy atom. The number of nitrogens with zero attached hydrogens (tertiary/aromatic N) is 2. The normalized spacial score (nSPS) is 11.1. The van der Waals surface area contributed by atoms with E-state index in [0.717, 1.165) is 22.0 Å². The molecule has 2 aromatic carbocycles. The fourth-order valence-electron chi connectivity index (χ4n) is 2.51. The van der Waals surface area contributed by atoms with Crippen LogP contribution < -0.4 is 0 Å². The number of nitriles is 1. The van der Waals surface area contributed by atoms with E-state index in [0.29, 0.717) is 18.5 Å². The molecule has 0 N–H and O–H groups in total. The SMILES string of the molecule is C=C/C=C(\C)N(Cc1ccc2ccc(C#N)cc2c1)C(=O)CC. The van der Waals surface area contributed by atoms with Gasteiger partial charge in [0.15, 0.2) is 0 Å². The molecule has 2 aromatic rings. The number of amides is 1. The number of carbonyl (C=O) groups is 1. The van der Waals surface area contributed by atoms with Crippen LogP contribution in [0.2, 0.25) is 0 Å². The second-order valence-electron chi connectivity index (χ2n) is 5.39. The van der Waals surface area contributed by atoms with Gasteiger partial charge < -0.3 is 4.90 Å². The first kappa shape index (κ1) is 16.5. The largest absolute Gasteiger partial charge is 0.312 e. The zero-order valence-corrected chi connectivity index (χ0v) is 13.5. The lowest BCUT2D eigenvalue weighted by Crippen LogP contribution is -2.28. The number of hydrogen-bond donors (Lipinski definition) is 0. The van der Waals surface area contributed by atoms with Gasteiger partial charge in [-0.2, -0.15) is 5.26 Å². The first-order chi connectivity index (χ1) is 11.1. The first-order valence-corrected chi connectivity index (χ1v) is 7.61. The highest BCUT2D eigenvalue weighted by molar-refractivity contribution is 5.84. The Kier molecular flexibility index (Phi) is 5.32. The van der Waals surface area contributed by atoms with Gasteiger partial charge in [0.2, 0.25) is 5.91 Å². The maximum absolute atomic E-state index is 12.2. The van der Waals surface area contributed by atoms with E-state index in [4.69, 9.17) is 5.26 Å². The molecule has 2 rings (SSSR count). The van der Waals surface area contributed by atoms with Gasteiger partial charge in [-0.1, -0.05) is 37.8 Å². The second kappa shape index (κ2) is 7.42. The van der Waals surface area contributed by atoms with Crippen LogP contribution in [0, 0.1) is 11.3 Å². The minimum absolute atomic E-state index is 0.0754. The van der Waals surface area contributed by atoms with E-state index in [1.807, 2.05) is 56.3 Å². The molecule has 3 nitrogen and oxygen atoms in total. The summed E-state index contributed by atoms with van der Waals surface area (Å²) >= 11 is 0. The predicted octanol–water partition coefficient (Wildman–Crippen LogP) is 4.54. The van der Waals surface area contributed by atoms with Gasteiger partial charge in [-0.05, 0) is 47.5 Å². The monoisotopic (exact) mass is 304 g/mol. The molecular weight excluding hydrogens is 284 g/mol. The van der Waals surface area contributed by atoms with E-state index in [9.17, 15) is 4.79 Å². The molecule has 0 atom stereocenters. The molecule has 0 fully saturated rings. The van der Waals surface area contributed by atoms with Crippen LogP contribution in [0.15, 0.2) is 60.8 Å². The molecule has 116 valence electrons. The Labute approximate surface area is 137 Å². The molecule has 0 saturated carbocycles. The van der Waals surface area contributed by atoms with Crippen molar-refractivity contribution in [1.82, 2.24) is 4.90 Å². The van der Waals surface area contributed by atoms with E-state index in [2.05, 4.69) is 12.6 Å². The zero-order chi connectivity index (χ0) is 16.8. The Morgan fingerprint density at radius 1 is 1.26 bits per heavy atom. The van der Waals surface area contributed by atoms with E-state index >= 15 is 0 Å². The Morgan fingerprint density at radius 2 is 2.00 bits per heavy atom. The van der Waals surface area contributed by atoms with Crippen LogP contribution in [-0.4, -0.2) is 10.8 Å². The smallest absolute Gasteiger partial charge is 0.226 e. The van der Waals surface area contributed by atoms with Crippen LogP contribution in [0.4, 0.5) is 0 Å². The number of benzene rings is 2. The van der Waals surface area contributed by atoms with Gasteiger partial charge in [-0.15, -0.1) is 0 Å². The average molecular weight is 304 g/mol. The Balaban J connectivity index is 2.38. The fourth-order valence-corrected chi connectivity index (χ4v) is 2.51. The molecule has 0 aromatic heterocycles. The van der Waals surface area contributed by atoms with Crippen LogP contribution in [-0.2, 0) is 11.3 Å². The third-order valence-electron chi connectivity index (χ3n) is 3.76. The van der Waals surface area contributed by atoms with Gasteiger partial charge in [0.1, 0.15) is 0 Å². The summed E-state index contributed by atoms with van der Waals surface area (Å²) in [6.45, 7) is 7.96. The van der Waals surface area contributed by atoms with Crippen molar-refractivity contribution >= 4 is 16.7 Å². The number of rotatable bonds is 5. The maximum atomic E-state index is 12.2. The van der Waals surface area contributed by atoms with Gasteiger partial charge >= 0.3 is 0 Å². The number of hydrogen-bond acceptors (Lipinski definition) is 2. The molecular formula is C20H20N2O. The highest BCUT2D eigenvalue weighted by Crippen LogP contribution is 2.20. The molecule has 0 saturated heterocycles. The van der Waals surface area contributed by atoms with Gasteiger partial charge in [0.05, 0.1) is 18.2 Å². The lowest BCUT2D eigenvalue weighted by atomic mass is 10.0. The summed E-state index contributed by atoms with van der Waals surface area (Å²) in [7, 11) is 0. The molecule has 0 heterocycles. The molecule has 0 unspecified atom stereocenters. The van der Waals surface area contributed by atoms with E-state index in [1.54, 1.807) is 11.0 Å². The molecule has 0 radical (unpaired) electrons. The first-order valence-electron chi connectivity index (χ1n) is 7.61. The molecule has 3 heteroatoms. The van der Waals surface area contributed by atoms with Crippen molar-refractivity contribution < 1.29 is 4.79 Å². The van der Waals surface area contributed by atoms with Gasteiger partial charge in [-0.3, -0.25) is 4.79 Å². The Hall–Kier alpha value is -2.86. The van der Waals surface area contributed by atoms with Crippen LogP contribution in [0.3, 0.4) is 0 Å². The number of allylic oxidation sites excluding steroid dienone is 3. The summed E-state index contributed by atoms with van der Waals surface area (Å²) in [5, 5.41) is 11.1. The van der Waals surface area contributed by atoms with Gasteiger partial charge in [0.25, 0.3) is 0 Å². The van der Waals surface area contributed by atoms with Crippen molar-refractivity contribution in [2.75, 3.05) is 0 Å². The summed E-state index contributed by atoms with van der Waals surface area (Å²) in [6.07, 6.45) is 3.97. The molecule has 1 amide bonds. The van der Waals surface area contributed by atoms with Crippen molar-refractivity contribution in [1.29, 1.82) is 5.26 Å². The molecule has 0 aliphatic rings. The maximum Gasteiger partial charge on any atom is 0.226 e. The van der Waals surface area contributed by atoms with E-state index in [1.165, 1.54) is 0 Å². The summed E-state index contributed by atoms with van der Waals surface area (Å²) in [4.78, 5) is 14.0. The summed E-state index contributed by atoms with van der Waals surface area (Å²) < 4.78 is 0. The average Bonchev–Trinajstić information content (AvgIpc) is 2.58. The lowest BCUT2D eigenvalue weighted by Gasteiger charge is -2.23. The van der Waals surface area contributed by atoms with Crippen molar-refractivity contribution in [2.24, 2.45) is 0 Å². The van der Waals surface area contributed by atoms with Crippen LogP contribution in [0.1, 0.15) is 31.4 Å². The predicted molar refractivity (Wildman–Crippen MR) is 93.5 cm³/mol. The molecule has 0 aliphatic carbocycles. The minimum Gasteiger partial charge on any atom is -0.312 e. The van der Waals surface area contributed by atoms with Crippen molar-refractivity contribution in [2.45, 2.75) is 26.8 Å². The van der Waals surface area contributed by atoms with Gasteiger partial charge in [-0.25, -0.2) is 0 Å². The summed E-state index contributed by atoms with van der Waals surface area (Å²) in [5.74, 6) is 0.0754. The number of fused-ring (bicyclic) bond motifs is 1. The Bertz CT molecular complexity index is 812. The zero-order valence-electron chi connectivity index (χ0n) is 13.5. The second-order valence-corrected chi connectivity index (χ2v) is 5.39. The molecule has 0 spiro atoms.